The van der Waals surface area contributed by atoms with Crippen LogP contribution in [0.2, 0.25) is 0 Å². The highest BCUT2D eigenvalue weighted by atomic mass is 32.1. The highest BCUT2D eigenvalue weighted by Gasteiger charge is 2.29. The standard InChI is InChI=1S/C13H21N5S/c1-8(2)11-15-16-13-18(11)17-12(19-13)10-6-4-3-5-9(10)7-14/h8-10H,3-7,14H2,1-2H3. The molecule has 2 unspecified atom stereocenters. The summed E-state index contributed by atoms with van der Waals surface area (Å²) in [6.07, 6.45) is 5.04. The molecule has 0 bridgehead atoms. The van der Waals surface area contributed by atoms with Gasteiger partial charge in [-0.15, -0.1) is 10.2 Å². The molecule has 0 aliphatic heterocycles. The third-order valence-electron chi connectivity index (χ3n) is 4.08. The molecule has 3 rings (SSSR count). The van der Waals surface area contributed by atoms with Gasteiger partial charge in [0.15, 0.2) is 5.82 Å². The number of hydrogen-bond acceptors (Lipinski definition) is 5. The van der Waals surface area contributed by atoms with Crippen molar-refractivity contribution >= 4 is 16.3 Å². The van der Waals surface area contributed by atoms with Gasteiger partial charge in [0, 0.05) is 11.8 Å². The number of nitrogens with zero attached hydrogens (tertiary/aromatic N) is 4. The minimum Gasteiger partial charge on any atom is -0.330 e. The molecule has 0 aromatic carbocycles. The largest absolute Gasteiger partial charge is 0.330 e. The lowest BCUT2D eigenvalue weighted by Gasteiger charge is -2.28. The summed E-state index contributed by atoms with van der Waals surface area (Å²) >= 11 is 1.68. The molecule has 2 aromatic rings. The van der Waals surface area contributed by atoms with Crippen molar-refractivity contribution in [2.45, 2.75) is 51.4 Å². The Hall–Kier alpha value is -1.01. The zero-order chi connectivity index (χ0) is 13.4. The summed E-state index contributed by atoms with van der Waals surface area (Å²) < 4.78 is 1.92. The van der Waals surface area contributed by atoms with Crippen LogP contribution >= 0.6 is 11.3 Å². The van der Waals surface area contributed by atoms with E-state index in [-0.39, 0.29) is 0 Å². The van der Waals surface area contributed by atoms with Gasteiger partial charge in [-0.05, 0) is 25.3 Å². The summed E-state index contributed by atoms with van der Waals surface area (Å²) in [7, 11) is 0. The zero-order valence-corrected chi connectivity index (χ0v) is 12.4. The third kappa shape index (κ3) is 2.27. The van der Waals surface area contributed by atoms with Gasteiger partial charge < -0.3 is 5.73 Å². The van der Waals surface area contributed by atoms with Gasteiger partial charge >= 0.3 is 0 Å². The Morgan fingerprint density at radius 3 is 2.84 bits per heavy atom. The molecule has 0 amide bonds. The van der Waals surface area contributed by atoms with Crippen LogP contribution in [0.4, 0.5) is 0 Å². The van der Waals surface area contributed by atoms with Gasteiger partial charge in [0.25, 0.3) is 0 Å². The highest BCUT2D eigenvalue weighted by Crippen LogP contribution is 2.39. The average Bonchev–Trinajstić information content (AvgIpc) is 2.97. The monoisotopic (exact) mass is 279 g/mol. The van der Waals surface area contributed by atoms with E-state index in [0.717, 1.165) is 17.3 Å². The van der Waals surface area contributed by atoms with Crippen LogP contribution in [-0.2, 0) is 0 Å². The van der Waals surface area contributed by atoms with Crippen LogP contribution in [0, 0.1) is 5.92 Å². The fourth-order valence-electron chi connectivity index (χ4n) is 2.97. The SMILES string of the molecule is CC(C)c1nnc2sc(C3CCCCC3CN)nn12. The second-order valence-corrected chi connectivity index (χ2v) is 6.72. The molecular formula is C13H21N5S. The van der Waals surface area contributed by atoms with E-state index < -0.39 is 0 Å². The molecule has 2 heterocycles. The molecule has 2 atom stereocenters. The van der Waals surface area contributed by atoms with E-state index in [1.54, 1.807) is 11.3 Å². The van der Waals surface area contributed by atoms with Gasteiger partial charge in [0.2, 0.25) is 4.96 Å². The Labute approximate surface area is 117 Å². The quantitative estimate of drug-likeness (QED) is 0.937. The predicted molar refractivity (Wildman–Crippen MR) is 76.5 cm³/mol. The highest BCUT2D eigenvalue weighted by molar-refractivity contribution is 7.16. The Bertz CT molecular complexity index is 558. The van der Waals surface area contributed by atoms with E-state index in [2.05, 4.69) is 24.0 Å². The van der Waals surface area contributed by atoms with Crippen molar-refractivity contribution in [3.63, 3.8) is 0 Å². The van der Waals surface area contributed by atoms with E-state index in [4.69, 9.17) is 10.8 Å². The van der Waals surface area contributed by atoms with Crippen LogP contribution in [0.15, 0.2) is 0 Å². The zero-order valence-electron chi connectivity index (χ0n) is 11.5. The van der Waals surface area contributed by atoms with Crippen LogP contribution in [0.3, 0.4) is 0 Å². The Kier molecular flexibility index (Phi) is 3.54. The molecule has 1 saturated carbocycles. The van der Waals surface area contributed by atoms with Crippen LogP contribution < -0.4 is 5.73 Å². The van der Waals surface area contributed by atoms with Gasteiger partial charge in [-0.1, -0.05) is 38.0 Å². The summed E-state index contributed by atoms with van der Waals surface area (Å²) in [5.74, 6) is 2.41. The topological polar surface area (TPSA) is 69.1 Å². The van der Waals surface area contributed by atoms with Crippen molar-refractivity contribution < 1.29 is 0 Å². The second kappa shape index (κ2) is 5.17. The second-order valence-electron chi connectivity index (χ2n) is 5.73. The molecule has 2 aromatic heterocycles. The lowest BCUT2D eigenvalue weighted by molar-refractivity contribution is 0.312. The van der Waals surface area contributed by atoms with Crippen LogP contribution in [0.5, 0.6) is 0 Å². The van der Waals surface area contributed by atoms with Gasteiger partial charge in [0.05, 0.1) is 0 Å². The Balaban J connectivity index is 1.96. The summed E-state index contributed by atoms with van der Waals surface area (Å²) in [5, 5.41) is 14.4. The fourth-order valence-corrected chi connectivity index (χ4v) is 4.05. The van der Waals surface area contributed by atoms with Crippen molar-refractivity contribution in [1.29, 1.82) is 0 Å². The first kappa shape index (κ1) is 13.0. The van der Waals surface area contributed by atoms with Gasteiger partial charge in [-0.3, -0.25) is 0 Å². The van der Waals surface area contributed by atoms with Crippen molar-refractivity contribution in [1.82, 2.24) is 19.8 Å². The number of aromatic nitrogens is 4. The number of hydrogen-bond donors (Lipinski definition) is 1. The lowest BCUT2D eigenvalue weighted by atomic mass is 9.80. The predicted octanol–water partition coefficient (Wildman–Crippen LogP) is 2.54. The first-order valence-corrected chi connectivity index (χ1v) is 7.94. The fraction of sp³-hybridized carbons (Fsp3) is 0.769. The molecule has 1 aliphatic rings. The summed E-state index contributed by atoms with van der Waals surface area (Å²) in [6.45, 7) is 5.01. The minimum atomic E-state index is 0.349. The van der Waals surface area contributed by atoms with Gasteiger partial charge in [-0.25, -0.2) is 0 Å². The van der Waals surface area contributed by atoms with E-state index in [1.807, 2.05) is 4.52 Å². The number of nitrogens with two attached hydrogens (primary N) is 1. The van der Waals surface area contributed by atoms with Gasteiger partial charge in [0.1, 0.15) is 5.01 Å². The van der Waals surface area contributed by atoms with E-state index in [9.17, 15) is 0 Å². The molecule has 0 saturated heterocycles. The summed E-state index contributed by atoms with van der Waals surface area (Å²) in [4.78, 5) is 0.917. The summed E-state index contributed by atoms with van der Waals surface area (Å²) in [6, 6.07) is 0. The Morgan fingerprint density at radius 2 is 2.11 bits per heavy atom. The maximum atomic E-state index is 5.92. The normalized spacial score (nSPS) is 24.4. The minimum absolute atomic E-state index is 0.349. The molecule has 5 nitrogen and oxygen atoms in total. The Morgan fingerprint density at radius 1 is 1.32 bits per heavy atom. The van der Waals surface area contributed by atoms with Crippen LogP contribution in [0.25, 0.3) is 4.96 Å². The summed E-state index contributed by atoms with van der Waals surface area (Å²) in [5.41, 5.74) is 5.92. The smallest absolute Gasteiger partial charge is 0.234 e. The van der Waals surface area contributed by atoms with Gasteiger partial charge in [-0.2, -0.15) is 9.61 Å². The maximum absolute atomic E-state index is 5.92. The molecular weight excluding hydrogens is 258 g/mol. The molecule has 104 valence electrons. The van der Waals surface area contributed by atoms with E-state index in [0.29, 0.717) is 17.8 Å². The van der Waals surface area contributed by atoms with Crippen molar-refractivity contribution in [3.05, 3.63) is 10.8 Å². The van der Waals surface area contributed by atoms with Crippen LogP contribution in [-0.4, -0.2) is 26.4 Å². The number of rotatable bonds is 3. The molecule has 1 fully saturated rings. The number of fused-ring (bicyclic) bond motifs is 1. The first-order valence-electron chi connectivity index (χ1n) is 7.12. The van der Waals surface area contributed by atoms with E-state index >= 15 is 0 Å². The van der Waals surface area contributed by atoms with Crippen molar-refractivity contribution in [3.8, 4) is 0 Å². The third-order valence-corrected chi connectivity index (χ3v) is 5.11. The lowest BCUT2D eigenvalue weighted by Crippen LogP contribution is -2.25. The van der Waals surface area contributed by atoms with Crippen LogP contribution in [0.1, 0.15) is 62.2 Å². The molecule has 19 heavy (non-hydrogen) atoms. The molecule has 2 N–H and O–H groups in total. The average molecular weight is 279 g/mol. The first-order chi connectivity index (χ1) is 9.20. The van der Waals surface area contributed by atoms with Crippen molar-refractivity contribution in [2.75, 3.05) is 6.54 Å². The molecule has 0 radical (unpaired) electrons. The van der Waals surface area contributed by atoms with E-state index in [1.165, 1.54) is 30.7 Å². The molecule has 0 spiro atoms. The maximum Gasteiger partial charge on any atom is 0.234 e. The molecule has 1 aliphatic carbocycles. The van der Waals surface area contributed by atoms with Crippen molar-refractivity contribution in [2.24, 2.45) is 11.7 Å². The molecule has 6 heteroatoms.